The standard InChI is InChI=1S/C27H44F2O2/c1-6-21-13-15-26(5)23(18(2)16-27(28,29)19(3)30)11-12-24(26)22(21)10-9-20-8-7-14-25(4,31)17-20/h9,18,21-24,31H,6-8,10-17H2,1-5H3/b20-9+/t18-,21+,22-,23-,24+,25+,26-/m1/s1. The monoisotopic (exact) mass is 438 g/mol. The van der Waals surface area contributed by atoms with Gasteiger partial charge in [-0.05, 0) is 99.7 Å². The summed E-state index contributed by atoms with van der Waals surface area (Å²) in [5.41, 5.74) is 0.937. The SMILES string of the molecule is CC[C@H]1CC[C@]2(C)[C@@H]([C@H](C)CC(F)(F)C(C)=O)CC[C@H]2[C@@H]1C/C=C1\CCC[C@](C)(O)C1. The summed E-state index contributed by atoms with van der Waals surface area (Å²) >= 11 is 0. The van der Waals surface area contributed by atoms with E-state index >= 15 is 0 Å². The van der Waals surface area contributed by atoms with Gasteiger partial charge in [0, 0.05) is 13.3 Å². The summed E-state index contributed by atoms with van der Waals surface area (Å²) in [6.45, 7) is 9.56. The first kappa shape index (κ1) is 24.9. The highest BCUT2D eigenvalue weighted by atomic mass is 19.3. The van der Waals surface area contributed by atoms with Gasteiger partial charge in [-0.15, -0.1) is 0 Å². The van der Waals surface area contributed by atoms with Crippen LogP contribution >= 0.6 is 0 Å². The molecule has 0 heterocycles. The van der Waals surface area contributed by atoms with Gasteiger partial charge in [0.1, 0.15) is 0 Å². The molecule has 3 fully saturated rings. The highest BCUT2D eigenvalue weighted by molar-refractivity contribution is 5.82. The molecule has 31 heavy (non-hydrogen) atoms. The van der Waals surface area contributed by atoms with Gasteiger partial charge in [-0.25, -0.2) is 0 Å². The molecule has 1 N–H and O–H groups in total. The summed E-state index contributed by atoms with van der Waals surface area (Å²) < 4.78 is 28.4. The van der Waals surface area contributed by atoms with E-state index in [1.54, 1.807) is 0 Å². The Balaban J connectivity index is 1.75. The second-order valence-corrected chi connectivity index (χ2v) is 11.7. The first-order valence-corrected chi connectivity index (χ1v) is 12.7. The van der Waals surface area contributed by atoms with Gasteiger partial charge in [0.25, 0.3) is 0 Å². The molecule has 4 heteroatoms. The van der Waals surface area contributed by atoms with E-state index in [0.29, 0.717) is 17.8 Å². The van der Waals surface area contributed by atoms with E-state index in [-0.39, 0.29) is 23.7 Å². The summed E-state index contributed by atoms with van der Waals surface area (Å²) in [7, 11) is 0. The van der Waals surface area contributed by atoms with Gasteiger partial charge in [-0.2, -0.15) is 8.78 Å². The van der Waals surface area contributed by atoms with Crippen molar-refractivity contribution in [2.45, 2.75) is 117 Å². The molecule has 3 rings (SSSR count). The Labute approximate surface area is 188 Å². The van der Waals surface area contributed by atoms with Crippen molar-refractivity contribution in [2.24, 2.45) is 35.0 Å². The molecule has 3 saturated carbocycles. The van der Waals surface area contributed by atoms with Gasteiger partial charge in [0.05, 0.1) is 5.60 Å². The van der Waals surface area contributed by atoms with Gasteiger partial charge >= 0.3 is 5.92 Å². The summed E-state index contributed by atoms with van der Waals surface area (Å²) in [5, 5.41) is 10.5. The molecule has 2 nitrogen and oxygen atoms in total. The third-order valence-electron chi connectivity index (χ3n) is 9.46. The van der Waals surface area contributed by atoms with Crippen molar-refractivity contribution in [2.75, 3.05) is 0 Å². The maximum atomic E-state index is 14.2. The van der Waals surface area contributed by atoms with Crippen molar-refractivity contribution in [1.82, 2.24) is 0 Å². The maximum absolute atomic E-state index is 14.2. The van der Waals surface area contributed by atoms with E-state index in [0.717, 1.165) is 58.3 Å². The minimum Gasteiger partial charge on any atom is -0.390 e. The summed E-state index contributed by atoms with van der Waals surface area (Å²) in [4.78, 5) is 11.4. The van der Waals surface area contributed by atoms with Crippen molar-refractivity contribution in [3.05, 3.63) is 11.6 Å². The Morgan fingerprint density at radius 1 is 1.26 bits per heavy atom. The van der Waals surface area contributed by atoms with Crippen LogP contribution in [0.1, 0.15) is 105 Å². The lowest BCUT2D eigenvalue weighted by atomic mass is 9.55. The number of carbonyl (C=O) groups excluding carboxylic acids is 1. The fraction of sp³-hybridized carbons (Fsp3) is 0.889. The second kappa shape index (κ2) is 9.23. The molecule has 0 radical (unpaired) electrons. The molecular weight excluding hydrogens is 394 g/mol. The maximum Gasteiger partial charge on any atom is 0.305 e. The summed E-state index contributed by atoms with van der Waals surface area (Å²) in [6, 6.07) is 0. The Hall–Kier alpha value is -0.770. The smallest absolute Gasteiger partial charge is 0.305 e. The average Bonchev–Trinajstić information content (AvgIpc) is 3.02. The summed E-state index contributed by atoms with van der Waals surface area (Å²) in [6.07, 6.45) is 12.6. The van der Waals surface area contributed by atoms with Gasteiger partial charge in [0.2, 0.25) is 0 Å². The van der Waals surface area contributed by atoms with Crippen molar-refractivity contribution in [1.29, 1.82) is 0 Å². The molecule has 0 spiro atoms. The molecule has 0 unspecified atom stereocenters. The number of ketones is 1. The minimum atomic E-state index is -3.20. The van der Waals surface area contributed by atoms with Crippen LogP contribution in [-0.2, 0) is 4.79 Å². The molecular formula is C27H44F2O2. The predicted molar refractivity (Wildman–Crippen MR) is 122 cm³/mol. The number of hydrogen-bond donors (Lipinski definition) is 1. The normalized spacial score (nSPS) is 41.2. The third kappa shape index (κ3) is 5.25. The van der Waals surface area contributed by atoms with E-state index in [9.17, 15) is 18.7 Å². The number of aliphatic hydroxyl groups is 1. The highest BCUT2D eigenvalue weighted by Gasteiger charge is 2.55. The molecule has 0 bridgehead atoms. The molecule has 178 valence electrons. The zero-order valence-electron chi connectivity index (χ0n) is 20.4. The molecule has 0 aromatic heterocycles. The summed E-state index contributed by atoms with van der Waals surface area (Å²) in [5.74, 6) is -2.19. The van der Waals surface area contributed by atoms with Crippen LogP contribution < -0.4 is 0 Å². The number of hydrogen-bond acceptors (Lipinski definition) is 2. The number of Topliss-reactive ketones (excluding diaryl/α,β-unsaturated/α-hetero) is 1. The van der Waals surface area contributed by atoms with E-state index in [4.69, 9.17) is 0 Å². The van der Waals surface area contributed by atoms with Gasteiger partial charge in [-0.1, -0.05) is 38.8 Å². The molecule has 3 aliphatic carbocycles. The molecule has 0 saturated heterocycles. The highest BCUT2D eigenvalue weighted by Crippen LogP contribution is 2.62. The lowest BCUT2D eigenvalue weighted by molar-refractivity contribution is -0.144. The van der Waals surface area contributed by atoms with E-state index in [2.05, 4.69) is 19.9 Å². The molecule has 0 aromatic rings. The molecule has 3 aliphatic rings. The fourth-order valence-corrected chi connectivity index (χ4v) is 7.73. The van der Waals surface area contributed by atoms with Crippen LogP contribution in [0.5, 0.6) is 0 Å². The first-order chi connectivity index (χ1) is 14.4. The lowest BCUT2D eigenvalue weighted by Crippen LogP contribution is -2.43. The molecule has 0 amide bonds. The van der Waals surface area contributed by atoms with Crippen LogP contribution in [0.15, 0.2) is 11.6 Å². The number of carbonyl (C=O) groups is 1. The quantitative estimate of drug-likeness (QED) is 0.422. The predicted octanol–water partition coefficient (Wildman–Crippen LogP) is 7.35. The Morgan fingerprint density at radius 3 is 2.58 bits per heavy atom. The number of allylic oxidation sites excluding steroid dienone is 1. The average molecular weight is 439 g/mol. The van der Waals surface area contributed by atoms with Crippen LogP contribution in [0.4, 0.5) is 8.78 Å². The largest absolute Gasteiger partial charge is 0.390 e. The third-order valence-corrected chi connectivity index (χ3v) is 9.46. The van der Waals surface area contributed by atoms with Crippen molar-refractivity contribution in [3.8, 4) is 0 Å². The Morgan fingerprint density at radius 2 is 1.97 bits per heavy atom. The molecule has 0 aliphatic heterocycles. The fourth-order valence-electron chi connectivity index (χ4n) is 7.73. The first-order valence-electron chi connectivity index (χ1n) is 12.7. The number of halogens is 2. The van der Waals surface area contributed by atoms with Gasteiger partial charge in [0.15, 0.2) is 5.78 Å². The second-order valence-electron chi connectivity index (χ2n) is 11.7. The zero-order valence-corrected chi connectivity index (χ0v) is 20.4. The minimum absolute atomic E-state index is 0.0964. The Kier molecular flexibility index (Phi) is 7.41. The van der Waals surface area contributed by atoms with Crippen LogP contribution in [0, 0.1) is 35.0 Å². The van der Waals surface area contributed by atoms with Crippen LogP contribution in [0.2, 0.25) is 0 Å². The van der Waals surface area contributed by atoms with Crippen molar-refractivity contribution < 1.29 is 18.7 Å². The zero-order chi connectivity index (χ0) is 23.0. The number of fused-ring (bicyclic) bond motifs is 1. The topological polar surface area (TPSA) is 37.3 Å². The lowest BCUT2D eigenvalue weighted by Gasteiger charge is -2.50. The Bertz CT molecular complexity index is 683. The van der Waals surface area contributed by atoms with Crippen LogP contribution in [-0.4, -0.2) is 22.4 Å². The van der Waals surface area contributed by atoms with Crippen molar-refractivity contribution >= 4 is 5.78 Å². The van der Waals surface area contributed by atoms with E-state index < -0.39 is 17.3 Å². The number of rotatable bonds is 7. The molecule has 0 aromatic carbocycles. The van der Waals surface area contributed by atoms with Crippen molar-refractivity contribution in [3.63, 3.8) is 0 Å². The van der Waals surface area contributed by atoms with Gasteiger partial charge < -0.3 is 5.11 Å². The van der Waals surface area contributed by atoms with Crippen LogP contribution in [0.3, 0.4) is 0 Å². The van der Waals surface area contributed by atoms with Gasteiger partial charge in [-0.3, -0.25) is 4.79 Å². The molecule has 7 atom stereocenters. The van der Waals surface area contributed by atoms with E-state index in [1.807, 2.05) is 13.8 Å². The number of alkyl halides is 2. The van der Waals surface area contributed by atoms with E-state index in [1.165, 1.54) is 18.4 Å². The van der Waals surface area contributed by atoms with Crippen LogP contribution in [0.25, 0.3) is 0 Å².